The molecular formula is C13H12ClF3N4. The van der Waals surface area contributed by atoms with Crippen molar-refractivity contribution in [2.45, 2.75) is 26.1 Å². The number of hydrogen-bond acceptors (Lipinski definition) is 4. The molecule has 0 fully saturated rings. The largest absolute Gasteiger partial charge is 0.451 e. The minimum Gasteiger partial charge on any atom is -0.364 e. The van der Waals surface area contributed by atoms with E-state index in [4.69, 9.17) is 11.6 Å². The zero-order valence-electron chi connectivity index (χ0n) is 11.1. The van der Waals surface area contributed by atoms with Crippen LogP contribution in [0, 0.1) is 0 Å². The minimum atomic E-state index is -4.64. The van der Waals surface area contributed by atoms with Crippen molar-refractivity contribution in [3.63, 3.8) is 0 Å². The zero-order valence-corrected chi connectivity index (χ0v) is 11.8. The molecule has 2 aromatic heterocycles. The van der Waals surface area contributed by atoms with E-state index < -0.39 is 12.0 Å². The maximum absolute atomic E-state index is 12.6. The fourth-order valence-corrected chi connectivity index (χ4v) is 1.95. The average molecular weight is 317 g/mol. The molecule has 1 N–H and O–H groups in total. The monoisotopic (exact) mass is 316 g/mol. The Hall–Kier alpha value is -1.89. The Kier molecular flexibility index (Phi) is 4.62. The van der Waals surface area contributed by atoms with E-state index >= 15 is 0 Å². The molecule has 0 aliphatic heterocycles. The van der Waals surface area contributed by atoms with E-state index in [0.29, 0.717) is 0 Å². The van der Waals surface area contributed by atoms with Crippen LogP contribution >= 0.6 is 11.6 Å². The van der Waals surface area contributed by atoms with Gasteiger partial charge in [-0.1, -0.05) is 24.6 Å². The van der Waals surface area contributed by atoms with Gasteiger partial charge in [-0.25, -0.2) is 9.97 Å². The average Bonchev–Trinajstić information content (AvgIpc) is 2.44. The van der Waals surface area contributed by atoms with Gasteiger partial charge in [0.25, 0.3) is 0 Å². The highest BCUT2D eigenvalue weighted by molar-refractivity contribution is 6.29. The number of aromatic nitrogens is 3. The quantitative estimate of drug-likeness (QED) is 0.873. The van der Waals surface area contributed by atoms with Gasteiger partial charge in [0.15, 0.2) is 0 Å². The Morgan fingerprint density at radius 3 is 2.71 bits per heavy atom. The molecule has 4 nitrogen and oxygen atoms in total. The molecule has 0 saturated heterocycles. The third-order valence-corrected chi connectivity index (χ3v) is 2.94. The van der Waals surface area contributed by atoms with E-state index in [9.17, 15) is 13.2 Å². The molecule has 0 spiro atoms. The molecule has 0 saturated carbocycles. The Labute approximate surface area is 124 Å². The number of alkyl halides is 3. The number of aryl methyl sites for hydroxylation is 1. The van der Waals surface area contributed by atoms with Crippen LogP contribution in [0.25, 0.3) is 0 Å². The second kappa shape index (κ2) is 6.26. The first kappa shape index (κ1) is 15.5. The molecule has 0 atom stereocenters. The van der Waals surface area contributed by atoms with Crippen LogP contribution in [0.3, 0.4) is 0 Å². The number of rotatable bonds is 4. The third kappa shape index (κ3) is 4.04. The highest BCUT2D eigenvalue weighted by Gasteiger charge is 2.35. The predicted molar refractivity (Wildman–Crippen MR) is 73.0 cm³/mol. The SMILES string of the molecule is CCc1cccnc1CNc1cc(Cl)nc(C(F)(F)F)n1. The number of hydrogen-bond donors (Lipinski definition) is 1. The van der Waals surface area contributed by atoms with Gasteiger partial charge in [-0.3, -0.25) is 4.98 Å². The molecule has 0 bridgehead atoms. The van der Waals surface area contributed by atoms with E-state index in [1.807, 2.05) is 19.1 Å². The highest BCUT2D eigenvalue weighted by atomic mass is 35.5. The van der Waals surface area contributed by atoms with Crippen molar-refractivity contribution in [3.8, 4) is 0 Å². The van der Waals surface area contributed by atoms with E-state index in [2.05, 4.69) is 20.3 Å². The van der Waals surface area contributed by atoms with Crippen LogP contribution in [-0.2, 0) is 19.1 Å². The molecule has 2 rings (SSSR count). The van der Waals surface area contributed by atoms with Crippen LogP contribution in [0.4, 0.5) is 19.0 Å². The van der Waals surface area contributed by atoms with Crippen molar-refractivity contribution in [2.24, 2.45) is 0 Å². The van der Waals surface area contributed by atoms with Gasteiger partial charge < -0.3 is 5.32 Å². The van der Waals surface area contributed by atoms with Crippen molar-refractivity contribution in [2.75, 3.05) is 5.32 Å². The van der Waals surface area contributed by atoms with Gasteiger partial charge in [0.1, 0.15) is 11.0 Å². The molecule has 0 radical (unpaired) electrons. The molecule has 0 aliphatic rings. The summed E-state index contributed by atoms with van der Waals surface area (Å²) in [4.78, 5) is 10.8. The molecule has 8 heteroatoms. The Balaban J connectivity index is 2.19. The first-order valence-corrected chi connectivity index (χ1v) is 6.56. The van der Waals surface area contributed by atoms with Gasteiger partial charge in [-0.2, -0.15) is 13.2 Å². The molecular weight excluding hydrogens is 305 g/mol. The van der Waals surface area contributed by atoms with Crippen LogP contribution in [0.2, 0.25) is 5.15 Å². The van der Waals surface area contributed by atoms with Crippen LogP contribution in [-0.4, -0.2) is 15.0 Å². The molecule has 2 aromatic rings. The van der Waals surface area contributed by atoms with Gasteiger partial charge in [0, 0.05) is 12.3 Å². The summed E-state index contributed by atoms with van der Waals surface area (Å²) in [5, 5.41) is 2.52. The lowest BCUT2D eigenvalue weighted by Gasteiger charge is -2.11. The number of nitrogens with one attached hydrogen (secondary N) is 1. The Bertz CT molecular complexity index is 631. The summed E-state index contributed by atoms with van der Waals surface area (Å²) in [5.41, 5.74) is 1.77. The summed E-state index contributed by atoms with van der Waals surface area (Å²) in [6.45, 7) is 2.23. The maximum atomic E-state index is 12.6. The van der Waals surface area contributed by atoms with Crippen molar-refractivity contribution < 1.29 is 13.2 Å². The normalized spacial score (nSPS) is 11.5. The molecule has 2 heterocycles. The molecule has 0 aromatic carbocycles. The summed E-state index contributed by atoms with van der Waals surface area (Å²) in [7, 11) is 0. The number of anilines is 1. The lowest BCUT2D eigenvalue weighted by molar-refractivity contribution is -0.144. The van der Waals surface area contributed by atoms with Gasteiger partial charge in [-0.15, -0.1) is 0 Å². The smallest absolute Gasteiger partial charge is 0.364 e. The van der Waals surface area contributed by atoms with E-state index in [1.165, 1.54) is 6.07 Å². The third-order valence-electron chi connectivity index (χ3n) is 2.75. The van der Waals surface area contributed by atoms with Crippen molar-refractivity contribution >= 4 is 17.4 Å². The zero-order chi connectivity index (χ0) is 15.5. The fourth-order valence-electron chi connectivity index (χ4n) is 1.76. The first-order valence-electron chi connectivity index (χ1n) is 6.18. The highest BCUT2D eigenvalue weighted by Crippen LogP contribution is 2.28. The topological polar surface area (TPSA) is 50.7 Å². The lowest BCUT2D eigenvalue weighted by Crippen LogP contribution is -2.13. The second-order valence-electron chi connectivity index (χ2n) is 4.21. The maximum Gasteiger partial charge on any atom is 0.451 e. The second-order valence-corrected chi connectivity index (χ2v) is 4.60. The predicted octanol–water partition coefficient (Wildman–Crippen LogP) is 3.72. The van der Waals surface area contributed by atoms with Gasteiger partial charge >= 0.3 is 6.18 Å². The molecule has 0 amide bonds. The van der Waals surface area contributed by atoms with E-state index in [0.717, 1.165) is 17.7 Å². The van der Waals surface area contributed by atoms with Crippen LogP contribution in [0.1, 0.15) is 24.0 Å². The molecule has 0 aliphatic carbocycles. The van der Waals surface area contributed by atoms with E-state index in [1.54, 1.807) is 6.20 Å². The summed E-state index contributed by atoms with van der Waals surface area (Å²) < 4.78 is 37.8. The summed E-state index contributed by atoms with van der Waals surface area (Å²) in [6.07, 6.45) is -2.23. The van der Waals surface area contributed by atoms with E-state index in [-0.39, 0.29) is 17.5 Å². The van der Waals surface area contributed by atoms with Gasteiger partial charge in [-0.05, 0) is 18.1 Å². The number of halogens is 4. The summed E-state index contributed by atoms with van der Waals surface area (Å²) in [5.74, 6) is -1.26. The summed E-state index contributed by atoms with van der Waals surface area (Å²) >= 11 is 5.59. The van der Waals surface area contributed by atoms with Crippen LogP contribution < -0.4 is 5.32 Å². The minimum absolute atomic E-state index is 0.00929. The Morgan fingerprint density at radius 1 is 1.29 bits per heavy atom. The molecule has 112 valence electrons. The van der Waals surface area contributed by atoms with Crippen molar-refractivity contribution in [1.82, 2.24) is 15.0 Å². The molecule has 0 unspecified atom stereocenters. The number of nitrogens with zero attached hydrogens (tertiary/aromatic N) is 3. The van der Waals surface area contributed by atoms with Gasteiger partial charge in [0.05, 0.1) is 12.2 Å². The Morgan fingerprint density at radius 2 is 2.05 bits per heavy atom. The fraction of sp³-hybridized carbons (Fsp3) is 0.308. The standard InChI is InChI=1S/C13H12ClF3N4/c1-2-8-4-3-5-18-9(8)7-19-11-6-10(14)20-12(21-11)13(15,16)17/h3-6H,2,7H2,1H3,(H,19,20,21). The van der Waals surface area contributed by atoms with Crippen LogP contribution in [0.5, 0.6) is 0 Å². The lowest BCUT2D eigenvalue weighted by atomic mass is 10.1. The van der Waals surface area contributed by atoms with Crippen LogP contribution in [0.15, 0.2) is 24.4 Å². The van der Waals surface area contributed by atoms with Crippen molar-refractivity contribution in [1.29, 1.82) is 0 Å². The van der Waals surface area contributed by atoms with Gasteiger partial charge in [0.2, 0.25) is 5.82 Å². The first-order chi connectivity index (χ1) is 9.90. The summed E-state index contributed by atoms with van der Waals surface area (Å²) in [6, 6.07) is 4.97. The molecule has 21 heavy (non-hydrogen) atoms. The van der Waals surface area contributed by atoms with Crippen molar-refractivity contribution in [3.05, 3.63) is 46.6 Å². The number of pyridine rings is 1.